The second kappa shape index (κ2) is 5.39. The van der Waals surface area contributed by atoms with Crippen LogP contribution in [0.3, 0.4) is 0 Å². The molecule has 3 atom stereocenters. The quantitative estimate of drug-likeness (QED) is 0.752. The first-order chi connectivity index (χ1) is 7.28. The Labute approximate surface area is 106 Å². The second-order valence-corrected chi connectivity index (χ2v) is 6.86. The summed E-state index contributed by atoms with van der Waals surface area (Å²) in [7, 11) is 0. The van der Waals surface area contributed by atoms with Gasteiger partial charge in [0.05, 0.1) is 0 Å². The molecule has 0 aromatic carbocycles. The lowest BCUT2D eigenvalue weighted by Crippen LogP contribution is -2.45. The molecular formula is C12H22BrNO2. The van der Waals surface area contributed by atoms with Crippen LogP contribution in [0.25, 0.3) is 0 Å². The number of hydrogen-bond acceptors (Lipinski definition) is 2. The summed E-state index contributed by atoms with van der Waals surface area (Å²) >= 11 is 3.63. The highest BCUT2D eigenvalue weighted by Gasteiger charge is 2.29. The predicted molar refractivity (Wildman–Crippen MR) is 68.9 cm³/mol. The molecule has 0 aromatic rings. The summed E-state index contributed by atoms with van der Waals surface area (Å²) in [6.07, 6.45) is 3.00. The van der Waals surface area contributed by atoms with Crippen molar-refractivity contribution in [1.29, 1.82) is 0 Å². The van der Waals surface area contributed by atoms with Crippen molar-refractivity contribution in [2.24, 2.45) is 5.92 Å². The van der Waals surface area contributed by atoms with Crippen molar-refractivity contribution in [2.45, 2.75) is 63.4 Å². The third-order valence-corrected chi connectivity index (χ3v) is 3.75. The zero-order valence-electron chi connectivity index (χ0n) is 10.5. The molecule has 1 amide bonds. The lowest BCUT2D eigenvalue weighted by Gasteiger charge is -2.32. The van der Waals surface area contributed by atoms with Crippen LogP contribution < -0.4 is 5.32 Å². The molecule has 0 spiro atoms. The van der Waals surface area contributed by atoms with Crippen molar-refractivity contribution in [3.8, 4) is 0 Å². The summed E-state index contributed by atoms with van der Waals surface area (Å²) in [6.45, 7) is 7.88. The van der Waals surface area contributed by atoms with E-state index in [4.69, 9.17) is 4.74 Å². The van der Waals surface area contributed by atoms with Crippen molar-refractivity contribution in [3.63, 3.8) is 0 Å². The number of alkyl halides is 1. The minimum Gasteiger partial charge on any atom is -0.444 e. The van der Waals surface area contributed by atoms with Crippen molar-refractivity contribution in [3.05, 3.63) is 0 Å². The van der Waals surface area contributed by atoms with E-state index in [9.17, 15) is 4.79 Å². The molecule has 94 valence electrons. The van der Waals surface area contributed by atoms with E-state index in [0.29, 0.717) is 4.83 Å². The summed E-state index contributed by atoms with van der Waals surface area (Å²) in [5.41, 5.74) is -0.423. The summed E-state index contributed by atoms with van der Waals surface area (Å²) in [4.78, 5) is 12.0. The van der Waals surface area contributed by atoms with E-state index >= 15 is 0 Å². The Morgan fingerprint density at radius 3 is 2.50 bits per heavy atom. The highest BCUT2D eigenvalue weighted by molar-refractivity contribution is 9.09. The van der Waals surface area contributed by atoms with Gasteiger partial charge in [-0.2, -0.15) is 0 Å². The monoisotopic (exact) mass is 291 g/mol. The number of alkyl carbamates (subject to hydrolysis) is 1. The molecule has 0 aliphatic heterocycles. The molecule has 0 bridgehead atoms. The van der Waals surface area contributed by atoms with Crippen LogP contribution >= 0.6 is 15.9 Å². The number of nitrogens with one attached hydrogen (secondary N) is 1. The topological polar surface area (TPSA) is 38.3 Å². The van der Waals surface area contributed by atoms with Crippen LogP contribution in [0.4, 0.5) is 4.79 Å². The van der Waals surface area contributed by atoms with Crippen molar-refractivity contribution >= 4 is 22.0 Å². The van der Waals surface area contributed by atoms with Gasteiger partial charge in [0.2, 0.25) is 0 Å². The van der Waals surface area contributed by atoms with Gasteiger partial charge in [0.1, 0.15) is 5.60 Å². The van der Waals surface area contributed by atoms with Gasteiger partial charge in [-0.1, -0.05) is 22.9 Å². The summed E-state index contributed by atoms with van der Waals surface area (Å²) in [5, 5.41) is 2.94. The van der Waals surface area contributed by atoms with E-state index in [1.165, 1.54) is 6.42 Å². The van der Waals surface area contributed by atoms with E-state index in [0.717, 1.165) is 18.8 Å². The van der Waals surface area contributed by atoms with Crippen LogP contribution in [0.1, 0.15) is 47.0 Å². The summed E-state index contributed by atoms with van der Waals surface area (Å²) < 4.78 is 5.24. The molecule has 1 rings (SSSR count). The molecular weight excluding hydrogens is 270 g/mol. The molecule has 1 aliphatic carbocycles. The van der Waals surface area contributed by atoms with E-state index in [1.54, 1.807) is 0 Å². The van der Waals surface area contributed by atoms with Crippen LogP contribution in [0.5, 0.6) is 0 Å². The molecule has 0 heterocycles. The van der Waals surface area contributed by atoms with Gasteiger partial charge >= 0.3 is 6.09 Å². The molecule has 0 radical (unpaired) electrons. The second-order valence-electron chi connectivity index (χ2n) is 5.69. The Balaban J connectivity index is 2.39. The highest BCUT2D eigenvalue weighted by atomic mass is 79.9. The standard InChI is InChI=1S/C12H22BrNO2/c1-8-5-6-10(9(13)7-8)14-11(15)16-12(2,3)4/h8-10H,5-7H2,1-4H3,(H,14,15). The number of amides is 1. The molecule has 1 aliphatic rings. The van der Waals surface area contributed by atoms with Crippen molar-refractivity contribution < 1.29 is 9.53 Å². The van der Waals surface area contributed by atoms with Gasteiger partial charge in [-0.05, 0) is 46.0 Å². The maximum Gasteiger partial charge on any atom is 0.407 e. The van der Waals surface area contributed by atoms with E-state index in [-0.39, 0.29) is 12.1 Å². The predicted octanol–water partition coefficient (Wildman–Crippen LogP) is 3.46. The fraction of sp³-hybridized carbons (Fsp3) is 0.917. The van der Waals surface area contributed by atoms with E-state index < -0.39 is 5.60 Å². The molecule has 3 unspecified atom stereocenters. The number of carbonyl (C=O) groups excluding carboxylic acids is 1. The SMILES string of the molecule is CC1CCC(NC(=O)OC(C)(C)C)C(Br)C1. The first kappa shape index (κ1) is 13.8. The first-order valence-electron chi connectivity index (χ1n) is 5.91. The maximum absolute atomic E-state index is 11.6. The van der Waals surface area contributed by atoms with Gasteiger partial charge in [-0.15, -0.1) is 0 Å². The summed E-state index contributed by atoms with van der Waals surface area (Å²) in [5.74, 6) is 0.737. The van der Waals surface area contributed by atoms with Gasteiger partial charge in [0, 0.05) is 10.9 Å². The fourth-order valence-electron chi connectivity index (χ4n) is 1.93. The normalized spacial score (nSPS) is 30.9. The first-order valence-corrected chi connectivity index (χ1v) is 6.83. The van der Waals surface area contributed by atoms with Crippen LogP contribution in [0.15, 0.2) is 0 Å². The number of hydrogen-bond donors (Lipinski definition) is 1. The van der Waals surface area contributed by atoms with E-state index in [1.807, 2.05) is 20.8 Å². The van der Waals surface area contributed by atoms with Gasteiger partial charge in [0.15, 0.2) is 0 Å². The van der Waals surface area contributed by atoms with E-state index in [2.05, 4.69) is 28.2 Å². The molecule has 1 fully saturated rings. The number of rotatable bonds is 1. The molecule has 0 saturated heterocycles. The largest absolute Gasteiger partial charge is 0.444 e. The number of halogens is 1. The van der Waals surface area contributed by atoms with Gasteiger partial charge < -0.3 is 10.1 Å². The van der Waals surface area contributed by atoms with Crippen LogP contribution in [0.2, 0.25) is 0 Å². The molecule has 4 heteroatoms. The summed E-state index contributed by atoms with van der Waals surface area (Å²) in [6, 6.07) is 0.200. The Morgan fingerprint density at radius 1 is 1.38 bits per heavy atom. The zero-order chi connectivity index (χ0) is 12.3. The molecule has 3 nitrogen and oxygen atoms in total. The van der Waals surface area contributed by atoms with Crippen molar-refractivity contribution in [1.82, 2.24) is 5.32 Å². The molecule has 16 heavy (non-hydrogen) atoms. The lowest BCUT2D eigenvalue weighted by molar-refractivity contribution is 0.0491. The highest BCUT2D eigenvalue weighted by Crippen LogP contribution is 2.29. The third-order valence-electron chi connectivity index (χ3n) is 2.74. The smallest absolute Gasteiger partial charge is 0.407 e. The van der Waals surface area contributed by atoms with Gasteiger partial charge in [0.25, 0.3) is 0 Å². The zero-order valence-corrected chi connectivity index (χ0v) is 12.1. The third kappa shape index (κ3) is 4.73. The fourth-order valence-corrected chi connectivity index (χ4v) is 2.97. The Bertz CT molecular complexity index is 250. The molecule has 0 aromatic heterocycles. The van der Waals surface area contributed by atoms with Gasteiger partial charge in [-0.25, -0.2) is 4.79 Å². The Hall–Kier alpha value is -0.250. The van der Waals surface area contributed by atoms with Gasteiger partial charge in [-0.3, -0.25) is 0 Å². The maximum atomic E-state index is 11.6. The van der Waals surface area contributed by atoms with Crippen LogP contribution in [0, 0.1) is 5.92 Å². The minimum atomic E-state index is -0.423. The molecule has 1 N–H and O–H groups in total. The number of carbonyl (C=O) groups is 1. The van der Waals surface area contributed by atoms with Crippen LogP contribution in [-0.2, 0) is 4.74 Å². The van der Waals surface area contributed by atoms with Crippen LogP contribution in [-0.4, -0.2) is 22.6 Å². The average molecular weight is 292 g/mol. The van der Waals surface area contributed by atoms with Crippen molar-refractivity contribution in [2.75, 3.05) is 0 Å². The average Bonchev–Trinajstić information content (AvgIpc) is 2.06. The Morgan fingerprint density at radius 2 is 2.00 bits per heavy atom. The Kier molecular flexibility index (Phi) is 4.65. The molecule has 1 saturated carbocycles. The number of ether oxygens (including phenoxy) is 1. The minimum absolute atomic E-state index is 0.200. The lowest BCUT2D eigenvalue weighted by atomic mass is 9.87.